The van der Waals surface area contributed by atoms with Crippen LogP contribution in [0.25, 0.3) is 0 Å². The summed E-state index contributed by atoms with van der Waals surface area (Å²) in [5, 5.41) is 7.67. The monoisotopic (exact) mass is 274 g/mol. The minimum Gasteiger partial charge on any atom is -0.388 e. The van der Waals surface area contributed by atoms with E-state index >= 15 is 0 Å². The zero-order valence-electron chi connectivity index (χ0n) is 12.8. The van der Waals surface area contributed by atoms with Crippen LogP contribution in [0.5, 0.6) is 0 Å². The molecule has 1 saturated heterocycles. The number of benzene rings is 1. The molecule has 3 N–H and O–H groups in total. The van der Waals surface area contributed by atoms with Crippen LogP contribution in [0, 0.1) is 5.41 Å². The van der Waals surface area contributed by atoms with Gasteiger partial charge in [0.15, 0.2) is 0 Å². The van der Waals surface area contributed by atoms with E-state index in [9.17, 15) is 0 Å². The second-order valence-corrected chi connectivity index (χ2v) is 6.36. The Hall–Kier alpha value is -1.39. The first-order valence-corrected chi connectivity index (χ1v) is 7.23. The van der Waals surface area contributed by atoms with Gasteiger partial charge in [0.25, 0.3) is 0 Å². The quantitative estimate of drug-likeness (QED) is 0.653. The molecule has 0 radical (unpaired) electrons. The van der Waals surface area contributed by atoms with Gasteiger partial charge in [-0.2, -0.15) is 0 Å². The highest BCUT2D eigenvalue weighted by molar-refractivity contribution is 5.77. The van der Waals surface area contributed by atoms with Crippen LogP contribution >= 0.6 is 0 Å². The summed E-state index contributed by atoms with van der Waals surface area (Å²) in [6.45, 7) is 7.61. The Morgan fingerprint density at radius 1 is 1.30 bits per heavy atom. The highest BCUT2D eigenvalue weighted by Crippen LogP contribution is 2.29. The molecule has 1 atom stereocenters. The van der Waals surface area contributed by atoms with Crippen LogP contribution < -0.4 is 5.73 Å². The predicted molar refractivity (Wildman–Crippen MR) is 84.0 cm³/mol. The third kappa shape index (κ3) is 3.38. The lowest BCUT2D eigenvalue weighted by Gasteiger charge is -2.48. The molecule has 1 heterocycles. The van der Waals surface area contributed by atoms with Gasteiger partial charge in [-0.3, -0.25) is 15.2 Å². The smallest absolute Gasteiger partial charge is 0.0924 e. The molecule has 110 valence electrons. The van der Waals surface area contributed by atoms with E-state index in [-0.39, 0.29) is 17.4 Å². The SMILES string of the molecule is CN1CCN(C(CC(=N)N)c2ccccc2)CC1(C)C. The summed E-state index contributed by atoms with van der Waals surface area (Å²) in [6.07, 6.45) is 0.601. The summed E-state index contributed by atoms with van der Waals surface area (Å²) < 4.78 is 0. The van der Waals surface area contributed by atoms with Crippen LogP contribution in [0.1, 0.15) is 31.9 Å². The molecule has 0 amide bonds. The van der Waals surface area contributed by atoms with Crippen molar-refractivity contribution in [1.29, 1.82) is 5.41 Å². The number of likely N-dealkylation sites (N-methyl/N-ethyl adjacent to an activating group) is 1. The highest BCUT2D eigenvalue weighted by atomic mass is 15.3. The fourth-order valence-corrected chi connectivity index (χ4v) is 2.89. The van der Waals surface area contributed by atoms with Gasteiger partial charge in [0.2, 0.25) is 0 Å². The number of hydrogen-bond acceptors (Lipinski definition) is 3. The van der Waals surface area contributed by atoms with Crippen LogP contribution in [0.15, 0.2) is 30.3 Å². The van der Waals surface area contributed by atoms with Crippen molar-refractivity contribution >= 4 is 5.84 Å². The zero-order chi connectivity index (χ0) is 14.8. The molecule has 20 heavy (non-hydrogen) atoms. The lowest BCUT2D eigenvalue weighted by Crippen LogP contribution is -2.58. The summed E-state index contributed by atoms with van der Waals surface area (Å²) in [6, 6.07) is 10.6. The van der Waals surface area contributed by atoms with E-state index in [2.05, 4.69) is 55.0 Å². The van der Waals surface area contributed by atoms with Crippen molar-refractivity contribution in [1.82, 2.24) is 9.80 Å². The Kier molecular flexibility index (Phi) is 4.45. The summed E-state index contributed by atoms with van der Waals surface area (Å²) >= 11 is 0. The summed E-state index contributed by atoms with van der Waals surface area (Å²) in [7, 11) is 2.18. The van der Waals surface area contributed by atoms with Gasteiger partial charge in [0, 0.05) is 37.6 Å². The average molecular weight is 274 g/mol. The van der Waals surface area contributed by atoms with E-state index in [4.69, 9.17) is 11.1 Å². The first kappa shape index (κ1) is 15.0. The van der Waals surface area contributed by atoms with Gasteiger partial charge in [0.05, 0.1) is 5.84 Å². The minimum absolute atomic E-state index is 0.155. The lowest BCUT2D eigenvalue weighted by molar-refractivity contribution is 0.0175. The number of nitrogens with one attached hydrogen (secondary N) is 1. The molecule has 2 rings (SSSR count). The fraction of sp³-hybridized carbons (Fsp3) is 0.562. The largest absolute Gasteiger partial charge is 0.388 e. The Labute approximate surface area is 122 Å². The number of nitrogens with two attached hydrogens (primary N) is 1. The second kappa shape index (κ2) is 5.94. The standard InChI is InChI=1S/C16H26N4/c1-16(2)12-20(10-9-19(16)3)14(11-15(17)18)13-7-5-4-6-8-13/h4-8,14H,9-12H2,1-3H3,(H3,17,18). The van der Waals surface area contributed by atoms with E-state index in [1.165, 1.54) is 5.56 Å². The Morgan fingerprint density at radius 2 is 1.95 bits per heavy atom. The first-order chi connectivity index (χ1) is 9.40. The van der Waals surface area contributed by atoms with Gasteiger partial charge in [-0.25, -0.2) is 0 Å². The topological polar surface area (TPSA) is 56.4 Å². The molecule has 1 aliphatic rings. The summed E-state index contributed by atoms with van der Waals surface area (Å²) in [5.41, 5.74) is 7.09. The van der Waals surface area contributed by atoms with Crippen molar-refractivity contribution in [3.63, 3.8) is 0 Å². The number of nitrogens with zero attached hydrogens (tertiary/aromatic N) is 2. The molecular formula is C16H26N4. The number of hydrogen-bond donors (Lipinski definition) is 2. The fourth-order valence-electron chi connectivity index (χ4n) is 2.89. The van der Waals surface area contributed by atoms with E-state index in [1.807, 2.05) is 6.07 Å². The third-order valence-electron chi connectivity index (χ3n) is 4.38. The van der Waals surface area contributed by atoms with Crippen LogP contribution in [0.4, 0.5) is 0 Å². The molecule has 0 saturated carbocycles. The van der Waals surface area contributed by atoms with Crippen LogP contribution in [0.3, 0.4) is 0 Å². The van der Waals surface area contributed by atoms with E-state index in [1.54, 1.807) is 0 Å². The Morgan fingerprint density at radius 3 is 2.50 bits per heavy atom. The van der Waals surface area contributed by atoms with Gasteiger partial charge < -0.3 is 5.73 Å². The average Bonchev–Trinajstić information content (AvgIpc) is 2.40. The van der Waals surface area contributed by atoms with E-state index in [0.717, 1.165) is 19.6 Å². The van der Waals surface area contributed by atoms with Gasteiger partial charge >= 0.3 is 0 Å². The highest BCUT2D eigenvalue weighted by Gasteiger charge is 2.34. The minimum atomic E-state index is 0.155. The van der Waals surface area contributed by atoms with Crippen molar-refractivity contribution < 1.29 is 0 Å². The maximum absolute atomic E-state index is 7.67. The molecule has 1 aromatic rings. The number of rotatable bonds is 4. The van der Waals surface area contributed by atoms with Crippen molar-refractivity contribution in [3.8, 4) is 0 Å². The van der Waals surface area contributed by atoms with Crippen LogP contribution in [0.2, 0.25) is 0 Å². The molecule has 1 aromatic carbocycles. The molecular weight excluding hydrogens is 248 g/mol. The molecule has 0 aliphatic carbocycles. The van der Waals surface area contributed by atoms with Crippen LogP contribution in [-0.4, -0.2) is 47.9 Å². The molecule has 0 aromatic heterocycles. The number of piperazine rings is 1. The van der Waals surface area contributed by atoms with Gasteiger partial charge in [-0.15, -0.1) is 0 Å². The van der Waals surface area contributed by atoms with Crippen molar-refractivity contribution in [2.24, 2.45) is 5.73 Å². The molecule has 1 fully saturated rings. The van der Waals surface area contributed by atoms with Crippen molar-refractivity contribution in [2.45, 2.75) is 31.8 Å². The molecule has 0 spiro atoms. The van der Waals surface area contributed by atoms with E-state index in [0.29, 0.717) is 6.42 Å². The maximum Gasteiger partial charge on any atom is 0.0924 e. The molecule has 4 heteroatoms. The van der Waals surface area contributed by atoms with Gasteiger partial charge in [-0.1, -0.05) is 30.3 Å². The van der Waals surface area contributed by atoms with Crippen molar-refractivity contribution in [2.75, 3.05) is 26.7 Å². The molecule has 1 unspecified atom stereocenters. The maximum atomic E-state index is 7.67. The van der Waals surface area contributed by atoms with Crippen molar-refractivity contribution in [3.05, 3.63) is 35.9 Å². The van der Waals surface area contributed by atoms with E-state index < -0.39 is 0 Å². The predicted octanol–water partition coefficient (Wildman–Crippen LogP) is 2.08. The Balaban J connectivity index is 2.22. The summed E-state index contributed by atoms with van der Waals surface area (Å²) in [4.78, 5) is 4.87. The molecule has 4 nitrogen and oxygen atoms in total. The summed E-state index contributed by atoms with van der Waals surface area (Å²) in [5.74, 6) is 0.260. The van der Waals surface area contributed by atoms with Gasteiger partial charge in [-0.05, 0) is 26.5 Å². The second-order valence-electron chi connectivity index (χ2n) is 6.36. The van der Waals surface area contributed by atoms with Crippen LogP contribution in [-0.2, 0) is 0 Å². The molecule has 0 bridgehead atoms. The lowest BCUT2D eigenvalue weighted by atomic mass is 9.94. The normalized spacial score (nSPS) is 21.6. The first-order valence-electron chi connectivity index (χ1n) is 7.23. The zero-order valence-corrected chi connectivity index (χ0v) is 12.8. The molecule has 1 aliphatic heterocycles. The third-order valence-corrected chi connectivity index (χ3v) is 4.38. The van der Waals surface area contributed by atoms with Gasteiger partial charge in [0.1, 0.15) is 0 Å². The Bertz CT molecular complexity index is 455. The number of amidine groups is 1.